The summed E-state index contributed by atoms with van der Waals surface area (Å²) in [4.78, 5) is 0. The van der Waals surface area contributed by atoms with E-state index in [1.165, 1.54) is 12.1 Å². The number of hydrogen-bond donors (Lipinski definition) is 0. The fourth-order valence-corrected chi connectivity index (χ4v) is 2.29. The molecule has 84 valence electrons. The van der Waals surface area contributed by atoms with Gasteiger partial charge < -0.3 is 4.74 Å². The molecule has 0 N–H and O–H groups in total. The van der Waals surface area contributed by atoms with Gasteiger partial charge in [0.2, 0.25) is 0 Å². The van der Waals surface area contributed by atoms with Crippen molar-refractivity contribution in [1.29, 1.82) is 5.26 Å². The van der Waals surface area contributed by atoms with Crippen LogP contribution in [0.1, 0.15) is 18.9 Å². The van der Waals surface area contributed by atoms with E-state index in [4.69, 9.17) is 10.00 Å². The summed E-state index contributed by atoms with van der Waals surface area (Å²) >= 11 is 0. The highest BCUT2D eigenvalue weighted by Gasteiger charge is 2.46. The molecule has 2 nitrogen and oxygen atoms in total. The van der Waals surface area contributed by atoms with Crippen LogP contribution in [-0.4, -0.2) is 13.2 Å². The maximum absolute atomic E-state index is 13.2. The number of halogens is 1. The van der Waals surface area contributed by atoms with Gasteiger partial charge >= 0.3 is 0 Å². The summed E-state index contributed by atoms with van der Waals surface area (Å²) < 4.78 is 18.4. The Kier molecular flexibility index (Phi) is 2.93. The smallest absolute Gasteiger partial charge is 0.123 e. The van der Waals surface area contributed by atoms with Crippen molar-refractivity contribution < 1.29 is 9.13 Å². The maximum atomic E-state index is 13.2. The minimum atomic E-state index is -0.300. The topological polar surface area (TPSA) is 33.0 Å². The van der Waals surface area contributed by atoms with Crippen molar-refractivity contribution in [3.63, 3.8) is 0 Å². The molecular formula is C13H14FNO. The van der Waals surface area contributed by atoms with Crippen LogP contribution in [0, 0.1) is 23.1 Å². The van der Waals surface area contributed by atoms with Crippen molar-refractivity contribution in [1.82, 2.24) is 0 Å². The molecule has 16 heavy (non-hydrogen) atoms. The Morgan fingerprint density at radius 1 is 1.56 bits per heavy atom. The molecular weight excluding hydrogens is 205 g/mol. The predicted molar refractivity (Wildman–Crippen MR) is 58.3 cm³/mol. The molecule has 1 unspecified atom stereocenters. The molecule has 0 saturated carbocycles. The second kappa shape index (κ2) is 4.23. The molecule has 1 aliphatic heterocycles. The van der Waals surface area contributed by atoms with Crippen LogP contribution < -0.4 is 0 Å². The second-order valence-electron chi connectivity index (χ2n) is 4.25. The highest BCUT2D eigenvalue weighted by atomic mass is 19.1. The van der Waals surface area contributed by atoms with E-state index in [9.17, 15) is 4.39 Å². The monoisotopic (exact) mass is 219 g/mol. The van der Waals surface area contributed by atoms with Crippen LogP contribution in [0.15, 0.2) is 24.3 Å². The molecule has 1 fully saturated rings. The van der Waals surface area contributed by atoms with Gasteiger partial charge in [-0.25, -0.2) is 4.39 Å². The second-order valence-corrected chi connectivity index (χ2v) is 4.25. The minimum absolute atomic E-state index is 0.108. The first-order chi connectivity index (χ1) is 7.73. The Labute approximate surface area is 94.7 Å². The zero-order chi connectivity index (χ0) is 11.6. The van der Waals surface area contributed by atoms with Gasteiger partial charge in [0.25, 0.3) is 0 Å². The summed E-state index contributed by atoms with van der Waals surface area (Å²) in [6.45, 7) is 3.01. The summed E-state index contributed by atoms with van der Waals surface area (Å²) in [7, 11) is 0. The van der Waals surface area contributed by atoms with Gasteiger partial charge in [-0.15, -0.1) is 0 Å². The summed E-state index contributed by atoms with van der Waals surface area (Å²) in [5.41, 5.74) is 0.582. The zero-order valence-corrected chi connectivity index (χ0v) is 9.24. The van der Waals surface area contributed by atoms with E-state index in [1.54, 1.807) is 6.07 Å². The van der Waals surface area contributed by atoms with Gasteiger partial charge in [0.05, 0.1) is 30.6 Å². The maximum Gasteiger partial charge on any atom is 0.123 e. The average Bonchev–Trinajstić information content (AvgIpc) is 2.23. The number of hydrogen-bond acceptors (Lipinski definition) is 2. The quantitative estimate of drug-likeness (QED) is 0.783. The largest absolute Gasteiger partial charge is 0.379 e. The van der Waals surface area contributed by atoms with Crippen LogP contribution in [0.25, 0.3) is 0 Å². The molecule has 0 aromatic heterocycles. The van der Waals surface area contributed by atoms with Crippen molar-refractivity contribution in [3.05, 3.63) is 35.6 Å². The lowest BCUT2D eigenvalue weighted by molar-refractivity contribution is -0.0805. The van der Waals surface area contributed by atoms with E-state index in [2.05, 4.69) is 6.07 Å². The minimum Gasteiger partial charge on any atom is -0.379 e. The Morgan fingerprint density at radius 3 is 2.75 bits per heavy atom. The van der Waals surface area contributed by atoms with Crippen LogP contribution in [0.3, 0.4) is 0 Å². The number of rotatable bonds is 3. The number of ether oxygens (including phenoxy) is 1. The van der Waals surface area contributed by atoms with E-state index >= 15 is 0 Å². The molecule has 0 bridgehead atoms. The number of nitriles is 1. The van der Waals surface area contributed by atoms with Gasteiger partial charge in [-0.05, 0) is 24.1 Å². The van der Waals surface area contributed by atoms with Crippen LogP contribution in [0.2, 0.25) is 0 Å². The lowest BCUT2D eigenvalue weighted by Crippen LogP contribution is -2.52. The van der Waals surface area contributed by atoms with Gasteiger partial charge in [-0.1, -0.05) is 19.1 Å². The van der Waals surface area contributed by atoms with E-state index in [0.29, 0.717) is 13.2 Å². The van der Waals surface area contributed by atoms with Gasteiger partial charge in [0.15, 0.2) is 0 Å². The molecule has 1 aromatic rings. The summed E-state index contributed by atoms with van der Waals surface area (Å²) in [5.74, 6) is -0.361. The first-order valence-electron chi connectivity index (χ1n) is 5.46. The molecule has 0 spiro atoms. The first kappa shape index (κ1) is 11.1. The fraction of sp³-hybridized carbons (Fsp3) is 0.462. The van der Waals surface area contributed by atoms with Crippen molar-refractivity contribution in [2.45, 2.75) is 18.8 Å². The van der Waals surface area contributed by atoms with Gasteiger partial charge in [-0.2, -0.15) is 5.26 Å². The third-order valence-corrected chi connectivity index (χ3v) is 3.35. The van der Waals surface area contributed by atoms with Crippen molar-refractivity contribution >= 4 is 0 Å². The molecule has 1 aromatic carbocycles. The lowest BCUT2D eigenvalue weighted by Gasteiger charge is -2.44. The lowest BCUT2D eigenvalue weighted by atomic mass is 9.68. The fourth-order valence-electron chi connectivity index (χ4n) is 2.29. The van der Waals surface area contributed by atoms with E-state index in [1.807, 2.05) is 13.0 Å². The van der Waals surface area contributed by atoms with E-state index < -0.39 is 0 Å². The first-order valence-corrected chi connectivity index (χ1v) is 5.46. The van der Waals surface area contributed by atoms with Crippen molar-refractivity contribution in [3.8, 4) is 6.07 Å². The number of nitrogens with zero attached hydrogens (tertiary/aromatic N) is 1. The van der Waals surface area contributed by atoms with Gasteiger partial charge in [-0.3, -0.25) is 0 Å². The normalized spacial score (nSPS) is 19.6. The molecule has 0 aliphatic carbocycles. The zero-order valence-electron chi connectivity index (χ0n) is 9.24. The van der Waals surface area contributed by atoms with Crippen LogP contribution in [0.4, 0.5) is 4.39 Å². The summed E-state index contributed by atoms with van der Waals surface area (Å²) in [5, 5.41) is 9.16. The van der Waals surface area contributed by atoms with Crippen LogP contribution >= 0.6 is 0 Å². The number of benzene rings is 1. The Balaban J connectivity index is 2.39. The SMILES string of the molecule is CCC(C#N)C1(c2cccc(F)c2)COC1. The third-order valence-electron chi connectivity index (χ3n) is 3.35. The highest BCUT2D eigenvalue weighted by molar-refractivity contribution is 5.31. The van der Waals surface area contributed by atoms with Crippen molar-refractivity contribution in [2.24, 2.45) is 5.92 Å². The molecule has 1 saturated heterocycles. The van der Waals surface area contributed by atoms with Gasteiger partial charge in [0, 0.05) is 0 Å². The molecule has 0 radical (unpaired) electrons. The average molecular weight is 219 g/mol. The molecule has 0 amide bonds. The predicted octanol–water partition coefficient (Wildman–Crippen LogP) is 2.64. The van der Waals surface area contributed by atoms with E-state index in [-0.39, 0.29) is 17.2 Å². The van der Waals surface area contributed by atoms with E-state index in [0.717, 1.165) is 12.0 Å². The summed E-state index contributed by atoms with van der Waals surface area (Å²) in [6.07, 6.45) is 0.760. The van der Waals surface area contributed by atoms with Crippen LogP contribution in [0.5, 0.6) is 0 Å². The Morgan fingerprint density at radius 2 is 2.31 bits per heavy atom. The Bertz CT molecular complexity index is 420. The van der Waals surface area contributed by atoms with Crippen molar-refractivity contribution in [2.75, 3.05) is 13.2 Å². The molecule has 3 heteroatoms. The molecule has 1 aliphatic rings. The molecule has 2 rings (SSSR count). The third kappa shape index (κ3) is 1.60. The van der Waals surface area contributed by atoms with Crippen LogP contribution in [-0.2, 0) is 10.2 Å². The molecule has 1 atom stereocenters. The van der Waals surface area contributed by atoms with Gasteiger partial charge in [0.1, 0.15) is 5.82 Å². The Hall–Kier alpha value is -1.40. The summed E-state index contributed by atoms with van der Waals surface area (Å²) in [6, 6.07) is 8.82. The highest BCUT2D eigenvalue weighted by Crippen LogP contribution is 2.40. The molecule has 1 heterocycles. The standard InChI is InChI=1S/C13H14FNO/c1-2-10(7-15)13(8-16-9-13)11-4-3-5-12(14)6-11/h3-6,10H,2,8-9H2,1H3.